The Hall–Kier alpha value is -2.14. The second kappa shape index (κ2) is 5.18. The van der Waals surface area contributed by atoms with E-state index in [1.807, 2.05) is 0 Å². The molecule has 2 N–H and O–H groups in total. The van der Waals surface area contributed by atoms with Gasteiger partial charge in [-0.3, -0.25) is 0 Å². The van der Waals surface area contributed by atoms with Crippen LogP contribution in [0.4, 0.5) is 17.3 Å². The van der Waals surface area contributed by atoms with E-state index in [1.165, 1.54) is 29.7 Å². The zero-order chi connectivity index (χ0) is 16.1. The van der Waals surface area contributed by atoms with Gasteiger partial charge in [0.25, 0.3) is 0 Å². The summed E-state index contributed by atoms with van der Waals surface area (Å²) >= 11 is 0. The Morgan fingerprint density at radius 1 is 1.17 bits per heavy atom. The number of nitrogens with zero attached hydrogens (tertiary/aromatic N) is 3. The van der Waals surface area contributed by atoms with Gasteiger partial charge in [-0.25, -0.2) is 9.97 Å². The SMILES string of the molecule is CC1CNc2ncnc(N3CC4(CCNCC4)c4ccccc43)c21. The highest BCUT2D eigenvalue weighted by Crippen LogP contribution is 2.50. The van der Waals surface area contributed by atoms with Gasteiger partial charge in [-0.05, 0) is 37.6 Å². The molecule has 124 valence electrons. The topological polar surface area (TPSA) is 53.1 Å². The fourth-order valence-corrected chi connectivity index (χ4v) is 4.70. The summed E-state index contributed by atoms with van der Waals surface area (Å²) in [7, 11) is 0. The van der Waals surface area contributed by atoms with E-state index in [1.54, 1.807) is 6.33 Å². The van der Waals surface area contributed by atoms with Gasteiger partial charge in [0.2, 0.25) is 0 Å². The van der Waals surface area contributed by atoms with Crippen LogP contribution in [0, 0.1) is 0 Å². The first-order chi connectivity index (χ1) is 11.8. The van der Waals surface area contributed by atoms with Crippen molar-refractivity contribution in [1.82, 2.24) is 15.3 Å². The monoisotopic (exact) mass is 321 g/mol. The van der Waals surface area contributed by atoms with E-state index in [0.29, 0.717) is 5.92 Å². The molecule has 1 unspecified atom stereocenters. The summed E-state index contributed by atoms with van der Waals surface area (Å²) in [6, 6.07) is 8.91. The van der Waals surface area contributed by atoms with E-state index in [-0.39, 0.29) is 5.41 Å². The average Bonchev–Trinajstić information content (AvgIpc) is 3.16. The third-order valence-electron chi connectivity index (χ3n) is 5.97. The highest BCUT2D eigenvalue weighted by atomic mass is 15.2. The Kier molecular flexibility index (Phi) is 3.07. The van der Waals surface area contributed by atoms with Gasteiger partial charge in [0.1, 0.15) is 18.0 Å². The van der Waals surface area contributed by atoms with Crippen molar-refractivity contribution in [2.24, 2.45) is 0 Å². The van der Waals surface area contributed by atoms with E-state index < -0.39 is 0 Å². The first kappa shape index (κ1) is 14.2. The zero-order valence-corrected chi connectivity index (χ0v) is 14.0. The first-order valence-electron chi connectivity index (χ1n) is 8.95. The van der Waals surface area contributed by atoms with Gasteiger partial charge in [-0.1, -0.05) is 25.1 Å². The predicted molar refractivity (Wildman–Crippen MR) is 96.2 cm³/mol. The van der Waals surface area contributed by atoms with Gasteiger partial charge in [0.05, 0.1) is 0 Å². The number of aromatic nitrogens is 2. The van der Waals surface area contributed by atoms with Crippen molar-refractivity contribution in [3.8, 4) is 0 Å². The summed E-state index contributed by atoms with van der Waals surface area (Å²) < 4.78 is 0. The molecule has 1 spiro atoms. The van der Waals surface area contributed by atoms with Gasteiger partial charge in [0, 0.05) is 35.7 Å². The number of hydrogen-bond acceptors (Lipinski definition) is 5. The molecule has 4 heterocycles. The molecule has 0 aliphatic carbocycles. The lowest BCUT2D eigenvalue weighted by molar-refractivity contribution is 0.329. The van der Waals surface area contributed by atoms with Gasteiger partial charge in [0.15, 0.2) is 0 Å². The Bertz CT molecular complexity index is 781. The van der Waals surface area contributed by atoms with Gasteiger partial charge < -0.3 is 15.5 Å². The van der Waals surface area contributed by atoms with Crippen molar-refractivity contribution in [1.29, 1.82) is 0 Å². The van der Waals surface area contributed by atoms with E-state index in [0.717, 1.165) is 37.8 Å². The number of rotatable bonds is 1. The van der Waals surface area contributed by atoms with Crippen LogP contribution in [-0.4, -0.2) is 36.1 Å². The van der Waals surface area contributed by atoms with Gasteiger partial charge >= 0.3 is 0 Å². The molecule has 1 saturated heterocycles. The van der Waals surface area contributed by atoms with Gasteiger partial charge in [-0.15, -0.1) is 0 Å². The van der Waals surface area contributed by atoms with E-state index >= 15 is 0 Å². The summed E-state index contributed by atoms with van der Waals surface area (Å²) in [5, 5.41) is 6.94. The molecule has 5 rings (SSSR count). The molecule has 3 aliphatic heterocycles. The molecule has 24 heavy (non-hydrogen) atoms. The first-order valence-corrected chi connectivity index (χ1v) is 8.95. The van der Waals surface area contributed by atoms with Crippen molar-refractivity contribution >= 4 is 17.3 Å². The molecule has 1 aromatic heterocycles. The summed E-state index contributed by atoms with van der Waals surface area (Å²) in [4.78, 5) is 11.6. The number of nitrogens with one attached hydrogen (secondary N) is 2. The third-order valence-corrected chi connectivity index (χ3v) is 5.97. The molecule has 1 aromatic carbocycles. The van der Waals surface area contributed by atoms with Crippen molar-refractivity contribution in [3.05, 3.63) is 41.7 Å². The molecule has 1 fully saturated rings. The van der Waals surface area contributed by atoms with E-state index in [9.17, 15) is 0 Å². The number of fused-ring (bicyclic) bond motifs is 3. The molecule has 3 aliphatic rings. The molecule has 2 aromatic rings. The van der Waals surface area contributed by atoms with Crippen LogP contribution in [0.25, 0.3) is 0 Å². The van der Waals surface area contributed by atoms with Crippen LogP contribution < -0.4 is 15.5 Å². The maximum Gasteiger partial charge on any atom is 0.142 e. The maximum atomic E-state index is 4.72. The molecule has 1 atom stereocenters. The van der Waals surface area contributed by atoms with Crippen molar-refractivity contribution < 1.29 is 0 Å². The quantitative estimate of drug-likeness (QED) is 0.846. The number of para-hydroxylation sites is 1. The Morgan fingerprint density at radius 2 is 2.00 bits per heavy atom. The lowest BCUT2D eigenvalue weighted by Gasteiger charge is -2.35. The second-order valence-corrected chi connectivity index (χ2v) is 7.38. The molecule has 0 amide bonds. The van der Waals surface area contributed by atoms with Crippen LogP contribution in [0.2, 0.25) is 0 Å². The number of hydrogen-bond donors (Lipinski definition) is 2. The van der Waals surface area contributed by atoms with Crippen molar-refractivity contribution in [3.63, 3.8) is 0 Å². The summed E-state index contributed by atoms with van der Waals surface area (Å²) in [6.07, 6.45) is 4.10. The predicted octanol–water partition coefficient (Wildman–Crippen LogP) is 2.78. The number of piperidine rings is 1. The Morgan fingerprint density at radius 3 is 2.88 bits per heavy atom. The standard InChI is InChI=1S/C19H23N5/c1-13-10-21-17-16(13)18(23-12-22-17)24-11-19(6-8-20-9-7-19)14-4-2-3-5-15(14)24/h2-5,12-13,20H,6-11H2,1H3,(H,21,22,23). The van der Waals surface area contributed by atoms with Crippen molar-refractivity contribution in [2.75, 3.05) is 36.4 Å². The van der Waals surface area contributed by atoms with Crippen LogP contribution >= 0.6 is 0 Å². The van der Waals surface area contributed by atoms with Crippen LogP contribution in [0.1, 0.15) is 36.8 Å². The van der Waals surface area contributed by atoms with Crippen LogP contribution in [0.5, 0.6) is 0 Å². The molecule has 0 bridgehead atoms. The normalized spacial score (nSPS) is 23.9. The molecule has 0 saturated carbocycles. The smallest absolute Gasteiger partial charge is 0.142 e. The van der Waals surface area contributed by atoms with E-state index in [2.05, 4.69) is 51.7 Å². The molecule has 5 nitrogen and oxygen atoms in total. The molecule has 0 radical (unpaired) electrons. The van der Waals surface area contributed by atoms with Crippen molar-refractivity contribution in [2.45, 2.75) is 31.1 Å². The van der Waals surface area contributed by atoms with Crippen LogP contribution in [0.3, 0.4) is 0 Å². The van der Waals surface area contributed by atoms with Gasteiger partial charge in [-0.2, -0.15) is 0 Å². The zero-order valence-electron chi connectivity index (χ0n) is 14.0. The minimum Gasteiger partial charge on any atom is -0.369 e. The average molecular weight is 321 g/mol. The fourth-order valence-electron chi connectivity index (χ4n) is 4.70. The third kappa shape index (κ3) is 1.91. The lowest BCUT2D eigenvalue weighted by atomic mass is 9.75. The highest BCUT2D eigenvalue weighted by Gasteiger charge is 2.45. The summed E-state index contributed by atoms with van der Waals surface area (Å²) in [5.74, 6) is 2.56. The summed E-state index contributed by atoms with van der Waals surface area (Å²) in [5.41, 5.74) is 4.37. The number of benzene rings is 1. The molecular weight excluding hydrogens is 298 g/mol. The fraction of sp³-hybridized carbons (Fsp3) is 0.474. The number of anilines is 3. The highest BCUT2D eigenvalue weighted by molar-refractivity contribution is 5.76. The largest absolute Gasteiger partial charge is 0.369 e. The maximum absolute atomic E-state index is 4.72. The Labute approximate surface area is 142 Å². The molecule has 5 heteroatoms. The minimum atomic E-state index is 0.259. The second-order valence-electron chi connectivity index (χ2n) is 7.38. The minimum absolute atomic E-state index is 0.259. The Balaban J connectivity index is 1.65. The van der Waals surface area contributed by atoms with Crippen LogP contribution in [-0.2, 0) is 5.41 Å². The summed E-state index contributed by atoms with van der Waals surface area (Å²) in [6.45, 7) is 6.44. The lowest BCUT2D eigenvalue weighted by Crippen LogP contribution is -2.42. The van der Waals surface area contributed by atoms with E-state index in [4.69, 9.17) is 4.98 Å². The molecular formula is C19H23N5. The van der Waals surface area contributed by atoms with Crippen LogP contribution in [0.15, 0.2) is 30.6 Å².